The van der Waals surface area contributed by atoms with Gasteiger partial charge in [0.15, 0.2) is 0 Å². The first-order chi connectivity index (χ1) is 15.2. The number of piperazine rings is 1. The molecule has 1 aliphatic heterocycles. The summed E-state index contributed by atoms with van der Waals surface area (Å²) >= 11 is 0.809. The second kappa shape index (κ2) is 9.91. The zero-order valence-corrected chi connectivity index (χ0v) is 18.0. The van der Waals surface area contributed by atoms with Crippen LogP contribution in [0.4, 0.5) is 23.7 Å². The zero-order chi connectivity index (χ0) is 23.3. The smallest absolute Gasteiger partial charge is 0.338 e. The number of aromatic nitrogens is 1. The molecule has 1 aromatic heterocycles. The highest BCUT2D eigenvalue weighted by Crippen LogP contribution is 2.35. The molecule has 7 nitrogen and oxygen atoms in total. The first-order valence-corrected chi connectivity index (χ1v) is 10.7. The Labute approximate surface area is 187 Å². The fourth-order valence-electron chi connectivity index (χ4n) is 3.19. The van der Waals surface area contributed by atoms with E-state index in [-0.39, 0.29) is 28.4 Å². The van der Waals surface area contributed by atoms with E-state index in [0.717, 1.165) is 17.8 Å². The third-order valence-electron chi connectivity index (χ3n) is 4.81. The van der Waals surface area contributed by atoms with Crippen LogP contribution in [0.1, 0.15) is 16.8 Å². The van der Waals surface area contributed by atoms with Crippen LogP contribution in [-0.4, -0.2) is 58.7 Å². The number of hydrogen-bond acceptors (Lipinski definition) is 5. The van der Waals surface area contributed by atoms with Crippen molar-refractivity contribution >= 4 is 29.4 Å². The Hall–Kier alpha value is -3.26. The highest BCUT2D eigenvalue weighted by atomic mass is 32.2. The third kappa shape index (κ3) is 5.70. The van der Waals surface area contributed by atoms with Gasteiger partial charge in [-0.15, -0.1) is 0 Å². The number of aryl methyl sites for hydroxylation is 1. The number of nitriles is 1. The van der Waals surface area contributed by atoms with E-state index in [2.05, 4.69) is 10.3 Å². The molecule has 168 valence electrons. The summed E-state index contributed by atoms with van der Waals surface area (Å²) in [5, 5.41) is 11.9. The van der Waals surface area contributed by atoms with Crippen molar-refractivity contribution in [1.29, 1.82) is 5.26 Å². The van der Waals surface area contributed by atoms with E-state index < -0.39 is 17.3 Å². The lowest BCUT2D eigenvalue weighted by Crippen LogP contribution is -2.52. The molecule has 1 saturated heterocycles. The van der Waals surface area contributed by atoms with Gasteiger partial charge in [-0.3, -0.25) is 4.79 Å². The maximum atomic E-state index is 13.2. The predicted octanol–water partition coefficient (Wildman–Crippen LogP) is 3.75. The topological polar surface area (TPSA) is 89.3 Å². The van der Waals surface area contributed by atoms with Crippen LogP contribution in [0.15, 0.2) is 41.4 Å². The zero-order valence-electron chi connectivity index (χ0n) is 17.1. The summed E-state index contributed by atoms with van der Waals surface area (Å²) in [6, 6.07) is 11.1. The number of halogens is 3. The largest absolute Gasteiger partial charge is 0.417 e. The summed E-state index contributed by atoms with van der Waals surface area (Å²) < 4.78 is 39.7. The first kappa shape index (κ1) is 23.4. The molecule has 0 atom stereocenters. The molecule has 1 aromatic carbocycles. The van der Waals surface area contributed by atoms with Crippen LogP contribution < -0.4 is 5.32 Å². The molecule has 11 heteroatoms. The van der Waals surface area contributed by atoms with Gasteiger partial charge in [-0.05, 0) is 25.1 Å². The minimum absolute atomic E-state index is 0.115. The van der Waals surface area contributed by atoms with Crippen LogP contribution in [0.2, 0.25) is 0 Å². The van der Waals surface area contributed by atoms with Crippen LogP contribution in [-0.2, 0) is 11.0 Å². The lowest BCUT2D eigenvalue weighted by atomic mass is 10.1. The summed E-state index contributed by atoms with van der Waals surface area (Å²) in [6.07, 6.45) is -4.69. The highest BCUT2D eigenvalue weighted by Gasteiger charge is 2.36. The van der Waals surface area contributed by atoms with E-state index in [4.69, 9.17) is 0 Å². The Bertz CT molecular complexity index is 1030. The molecular formula is C21H20F3N5O2S. The molecule has 1 fully saturated rings. The SMILES string of the molecule is Cc1cc(C(F)(F)F)c(C#N)c(SCC(=O)N2CCN(C(=O)Nc3ccccc3)CC2)n1. The number of carbonyl (C=O) groups excluding carboxylic acids is 2. The minimum Gasteiger partial charge on any atom is -0.338 e. The van der Waals surface area contributed by atoms with Crippen molar-refractivity contribution in [2.45, 2.75) is 18.1 Å². The number of rotatable bonds is 4. The average molecular weight is 463 g/mol. The van der Waals surface area contributed by atoms with E-state index >= 15 is 0 Å². The number of carbonyl (C=O) groups is 2. The molecule has 0 saturated carbocycles. The van der Waals surface area contributed by atoms with Gasteiger partial charge in [0.1, 0.15) is 11.1 Å². The Morgan fingerprint density at radius 1 is 1.16 bits per heavy atom. The molecule has 2 heterocycles. The number of urea groups is 1. The predicted molar refractivity (Wildman–Crippen MR) is 113 cm³/mol. The van der Waals surface area contributed by atoms with E-state index in [1.54, 1.807) is 28.0 Å². The van der Waals surface area contributed by atoms with Crippen LogP contribution >= 0.6 is 11.8 Å². The normalized spacial score (nSPS) is 14.1. The molecule has 0 aliphatic carbocycles. The number of pyridine rings is 1. The van der Waals surface area contributed by atoms with Crippen molar-refractivity contribution in [3.05, 3.63) is 53.2 Å². The Morgan fingerprint density at radius 2 is 1.78 bits per heavy atom. The number of anilines is 1. The average Bonchev–Trinajstić information content (AvgIpc) is 2.77. The number of nitrogens with zero attached hydrogens (tertiary/aromatic N) is 4. The summed E-state index contributed by atoms with van der Waals surface area (Å²) in [4.78, 5) is 32.1. The second-order valence-electron chi connectivity index (χ2n) is 7.05. The van der Waals surface area contributed by atoms with E-state index in [9.17, 15) is 28.0 Å². The van der Waals surface area contributed by atoms with Gasteiger partial charge in [0.05, 0.1) is 16.9 Å². The molecule has 0 spiro atoms. The summed E-state index contributed by atoms with van der Waals surface area (Å²) in [5.41, 5.74) is -0.849. The van der Waals surface area contributed by atoms with Gasteiger partial charge in [-0.1, -0.05) is 30.0 Å². The van der Waals surface area contributed by atoms with Gasteiger partial charge in [0.25, 0.3) is 0 Å². The molecular weight excluding hydrogens is 443 g/mol. The van der Waals surface area contributed by atoms with Crippen molar-refractivity contribution in [3.63, 3.8) is 0 Å². The summed E-state index contributed by atoms with van der Waals surface area (Å²) in [5.74, 6) is -0.447. The lowest BCUT2D eigenvalue weighted by molar-refractivity contribution is -0.138. The first-order valence-electron chi connectivity index (χ1n) is 9.69. The van der Waals surface area contributed by atoms with Gasteiger partial charge in [0.2, 0.25) is 5.91 Å². The minimum atomic E-state index is -4.69. The standard InChI is InChI=1S/C21H20F3N5O2S/c1-14-11-17(21(22,23)24)16(12-25)19(26-14)32-13-18(30)28-7-9-29(10-8-28)20(31)27-15-5-3-2-4-6-15/h2-6,11H,7-10,13H2,1H3,(H,27,31). The van der Waals surface area contributed by atoms with Gasteiger partial charge in [-0.2, -0.15) is 18.4 Å². The molecule has 1 N–H and O–H groups in total. The molecule has 0 bridgehead atoms. The summed E-state index contributed by atoms with van der Waals surface area (Å²) in [7, 11) is 0. The van der Waals surface area contributed by atoms with E-state index in [1.807, 2.05) is 18.2 Å². The Kier molecular flexibility index (Phi) is 7.25. The Balaban J connectivity index is 1.56. The highest BCUT2D eigenvalue weighted by molar-refractivity contribution is 8.00. The second-order valence-corrected chi connectivity index (χ2v) is 8.02. The molecule has 0 radical (unpaired) electrons. The van der Waals surface area contributed by atoms with Crippen LogP contribution in [0.3, 0.4) is 0 Å². The number of para-hydroxylation sites is 1. The van der Waals surface area contributed by atoms with Crippen LogP contribution in [0, 0.1) is 18.3 Å². The lowest BCUT2D eigenvalue weighted by Gasteiger charge is -2.34. The van der Waals surface area contributed by atoms with E-state index in [1.165, 1.54) is 6.92 Å². The number of benzene rings is 1. The van der Waals surface area contributed by atoms with E-state index in [0.29, 0.717) is 31.9 Å². The molecule has 3 rings (SSSR count). The van der Waals surface area contributed by atoms with Gasteiger partial charge >= 0.3 is 12.2 Å². The Morgan fingerprint density at radius 3 is 2.38 bits per heavy atom. The number of amides is 3. The third-order valence-corrected chi connectivity index (χ3v) is 5.77. The van der Waals surface area contributed by atoms with Crippen molar-refractivity contribution in [2.75, 3.05) is 37.2 Å². The summed E-state index contributed by atoms with van der Waals surface area (Å²) in [6.45, 7) is 2.68. The quantitative estimate of drug-likeness (QED) is 0.698. The number of alkyl halides is 3. The molecule has 1 aliphatic rings. The maximum Gasteiger partial charge on any atom is 0.417 e. The van der Waals surface area contributed by atoms with Crippen molar-refractivity contribution < 1.29 is 22.8 Å². The number of hydrogen-bond donors (Lipinski definition) is 1. The molecule has 32 heavy (non-hydrogen) atoms. The van der Waals surface area contributed by atoms with Crippen LogP contribution in [0.5, 0.6) is 0 Å². The molecule has 3 amide bonds. The fourth-order valence-corrected chi connectivity index (χ4v) is 4.14. The van der Waals surface area contributed by atoms with Gasteiger partial charge in [0, 0.05) is 37.6 Å². The van der Waals surface area contributed by atoms with Crippen molar-refractivity contribution in [3.8, 4) is 6.07 Å². The number of thioether (sulfide) groups is 1. The van der Waals surface area contributed by atoms with Crippen LogP contribution in [0.25, 0.3) is 0 Å². The molecule has 2 aromatic rings. The molecule has 0 unspecified atom stereocenters. The maximum absolute atomic E-state index is 13.2. The van der Waals surface area contributed by atoms with Crippen molar-refractivity contribution in [2.24, 2.45) is 0 Å². The number of nitrogens with one attached hydrogen (secondary N) is 1. The van der Waals surface area contributed by atoms with Crippen molar-refractivity contribution in [1.82, 2.24) is 14.8 Å². The monoisotopic (exact) mass is 463 g/mol. The van der Waals surface area contributed by atoms with Gasteiger partial charge < -0.3 is 15.1 Å². The fraction of sp³-hybridized carbons (Fsp3) is 0.333. The van der Waals surface area contributed by atoms with Gasteiger partial charge in [-0.25, -0.2) is 9.78 Å².